The smallest absolute Gasteiger partial charge is 0.147 e. The molecule has 2 nitrogen and oxygen atoms in total. The molecule has 0 saturated carbocycles. The fourth-order valence-electron chi connectivity index (χ4n) is 3.28. The first-order chi connectivity index (χ1) is 11.9. The van der Waals surface area contributed by atoms with Gasteiger partial charge >= 0.3 is 169 Å². The van der Waals surface area contributed by atoms with Crippen LogP contribution in [-0.2, 0) is 22.9 Å². The summed E-state index contributed by atoms with van der Waals surface area (Å²) in [7, 11) is 0.423. The Bertz CT molecular complexity index is 720. The van der Waals surface area contributed by atoms with Gasteiger partial charge in [0, 0.05) is 0 Å². The van der Waals surface area contributed by atoms with Gasteiger partial charge in [-0.25, -0.2) is 0 Å². The number of rotatable bonds is 6. The van der Waals surface area contributed by atoms with E-state index in [9.17, 15) is 0 Å². The minimum atomic E-state index is -1.75. The van der Waals surface area contributed by atoms with Crippen LogP contribution < -0.4 is 8.06 Å². The monoisotopic (exact) mass is 495 g/mol. The first-order valence-corrected chi connectivity index (χ1v) is 20.1. The molecule has 2 rings (SSSR count). The van der Waals surface area contributed by atoms with Crippen LogP contribution in [0.1, 0.15) is 32.8 Å². The molecule has 28 heavy (non-hydrogen) atoms. The maximum Gasteiger partial charge on any atom is -0.147 e. The maximum atomic E-state index is 6.84. The molecule has 1 aliphatic carbocycles. The number of ether oxygens (including phenoxy) is 1. The molecule has 1 aliphatic rings. The second kappa shape index (κ2) is 10.9. The van der Waals surface area contributed by atoms with Gasteiger partial charge in [0.25, 0.3) is 0 Å². The third-order valence-electron chi connectivity index (χ3n) is 4.77. The van der Waals surface area contributed by atoms with Gasteiger partial charge in [0.05, 0.1) is 0 Å². The fraction of sp³-hybridized carbons (Fsp3) is 0.524. The minimum absolute atomic E-state index is 0. The van der Waals surface area contributed by atoms with Gasteiger partial charge in [-0.1, -0.05) is 0 Å². The molecule has 0 atom stereocenters. The molecule has 0 aromatic heterocycles. The third kappa shape index (κ3) is 7.07. The summed E-state index contributed by atoms with van der Waals surface area (Å²) in [5.41, 5.74) is 1.36. The molecule has 1 aromatic carbocycles. The zero-order valence-electron chi connectivity index (χ0n) is 18.8. The van der Waals surface area contributed by atoms with Crippen molar-refractivity contribution in [2.24, 2.45) is 0 Å². The number of benzene rings is 1. The van der Waals surface area contributed by atoms with Crippen molar-refractivity contribution in [1.29, 1.82) is 0 Å². The van der Waals surface area contributed by atoms with Crippen molar-refractivity contribution < 1.29 is 25.6 Å². The molecule has 0 saturated heterocycles. The summed E-state index contributed by atoms with van der Waals surface area (Å²) >= 11 is -1.75. The van der Waals surface area contributed by atoms with Crippen LogP contribution in [0.15, 0.2) is 39.4 Å². The van der Waals surface area contributed by atoms with Crippen LogP contribution in [-0.4, -0.2) is 21.8 Å². The summed E-state index contributed by atoms with van der Waals surface area (Å²) in [4.78, 5) is 0. The average Bonchev–Trinajstić information content (AvgIpc) is 3.00. The van der Waals surface area contributed by atoms with E-state index in [2.05, 4.69) is 83.9 Å². The van der Waals surface area contributed by atoms with Crippen LogP contribution in [0.3, 0.4) is 0 Å². The summed E-state index contributed by atoms with van der Waals surface area (Å²) in [5.74, 6) is 1.92. The van der Waals surface area contributed by atoms with Crippen molar-refractivity contribution in [3.8, 4) is 11.5 Å². The summed E-state index contributed by atoms with van der Waals surface area (Å²) in [6.07, 6.45) is 5.89. The van der Waals surface area contributed by atoms with Crippen LogP contribution in [0.25, 0.3) is 0 Å². The Balaban J connectivity index is 0.00000364. The molecule has 0 aliphatic heterocycles. The van der Waals surface area contributed by atoms with E-state index in [1.165, 1.54) is 5.56 Å². The normalized spacial score (nSPS) is 13.9. The molecule has 0 radical (unpaired) electrons. The topological polar surface area (TPSA) is 18.5 Å². The zero-order valence-corrected chi connectivity index (χ0v) is 24.2. The second-order valence-electron chi connectivity index (χ2n) is 9.52. The standard InChI is InChI=1S/C11H16O2.C8H13Si.C2H7Si.2ClH.Ti/c1-11(2,3)8-5-9(12)7-10(6-8)13-4;1-9(2,3)8-6-4-5-7-8;1-3-2;;;/h5-7,12H,1-4H3;4,6H,5H2,1-3H3;3H,1-2H3;2*1H;/q;;;;;+1/p-1. The van der Waals surface area contributed by atoms with E-state index in [1.807, 2.05) is 0 Å². The van der Waals surface area contributed by atoms with Gasteiger partial charge in [-0.15, -0.1) is 24.8 Å². The van der Waals surface area contributed by atoms with Crippen molar-refractivity contribution >= 4 is 39.6 Å². The van der Waals surface area contributed by atoms with E-state index in [4.69, 9.17) is 8.06 Å². The van der Waals surface area contributed by atoms with Crippen LogP contribution in [0.5, 0.6) is 11.5 Å². The quantitative estimate of drug-likeness (QED) is 0.403. The van der Waals surface area contributed by atoms with E-state index in [-0.39, 0.29) is 30.2 Å². The van der Waals surface area contributed by atoms with Gasteiger partial charge in [0.2, 0.25) is 0 Å². The van der Waals surface area contributed by atoms with Crippen LogP contribution in [0.4, 0.5) is 0 Å². The first-order valence-electron chi connectivity index (χ1n) is 9.58. The first kappa shape index (κ1) is 28.0. The zero-order chi connectivity index (χ0) is 19.7. The number of allylic oxidation sites excluding steroid dienone is 4. The van der Waals surface area contributed by atoms with Gasteiger partial charge in [-0.2, -0.15) is 0 Å². The van der Waals surface area contributed by atoms with E-state index >= 15 is 0 Å². The van der Waals surface area contributed by atoms with E-state index in [1.54, 1.807) is 16.2 Å². The number of hydrogen-bond donors (Lipinski definition) is 0. The molecule has 7 heteroatoms. The fourth-order valence-corrected chi connectivity index (χ4v) is 16.6. The number of hydrogen-bond acceptors (Lipinski definition) is 2. The Labute approximate surface area is 193 Å². The summed E-state index contributed by atoms with van der Waals surface area (Å²) < 4.78 is 14.1. The van der Waals surface area contributed by atoms with Gasteiger partial charge < -0.3 is 0 Å². The molecule has 0 N–H and O–H groups in total. The predicted molar refractivity (Wildman–Crippen MR) is 130 cm³/mol. The van der Waals surface area contributed by atoms with Gasteiger partial charge in [-0.05, 0) is 0 Å². The Hall–Kier alpha value is 0.0281. The van der Waals surface area contributed by atoms with Crippen molar-refractivity contribution in [2.45, 2.75) is 65.3 Å². The van der Waals surface area contributed by atoms with Crippen molar-refractivity contribution in [1.82, 2.24) is 0 Å². The molecule has 0 fully saturated rings. The average molecular weight is 496 g/mol. The maximum absolute atomic E-state index is 6.84. The molecule has 0 amide bonds. The van der Waals surface area contributed by atoms with Crippen LogP contribution in [0.2, 0.25) is 32.7 Å². The van der Waals surface area contributed by atoms with Crippen molar-refractivity contribution in [3.63, 3.8) is 0 Å². The van der Waals surface area contributed by atoms with Gasteiger partial charge in [0.1, 0.15) is 0 Å². The van der Waals surface area contributed by atoms with E-state index in [0.717, 1.165) is 17.9 Å². The van der Waals surface area contributed by atoms with Crippen molar-refractivity contribution in [2.75, 3.05) is 7.11 Å². The van der Waals surface area contributed by atoms with Crippen LogP contribution >= 0.6 is 24.8 Å². The Morgan fingerprint density at radius 2 is 1.57 bits per heavy atom. The number of methoxy groups -OCH3 is 1. The van der Waals surface area contributed by atoms with Gasteiger partial charge in [0.15, 0.2) is 0 Å². The SMILES string of the molecule is COc1cc([O][Ti]([C]2=C([Si](C)(C)C)C=CC2)[SiH](C)C)cc(C(C)(C)C)c1.Cl.Cl. The third-order valence-corrected chi connectivity index (χ3v) is 17.5. The number of halogens is 2. The summed E-state index contributed by atoms with van der Waals surface area (Å²) in [5, 5.41) is 1.66. The predicted octanol–water partition coefficient (Wildman–Crippen LogP) is 6.82. The molecular weight excluding hydrogens is 459 g/mol. The summed E-state index contributed by atoms with van der Waals surface area (Å²) in [6, 6.07) is 6.46. The van der Waals surface area contributed by atoms with E-state index in [0.29, 0.717) is 0 Å². The molecule has 0 bridgehead atoms. The molecular formula is C21H37Cl2O2Si2Ti. The van der Waals surface area contributed by atoms with Crippen LogP contribution in [0, 0.1) is 0 Å². The Morgan fingerprint density at radius 1 is 1.00 bits per heavy atom. The molecule has 1 aromatic rings. The largest absolute Gasteiger partial charge is 0.147 e. The molecule has 0 spiro atoms. The minimum Gasteiger partial charge on any atom is -0.147 e. The van der Waals surface area contributed by atoms with E-state index < -0.39 is 32.3 Å². The second-order valence-corrected chi connectivity index (χ2v) is 26.8. The molecule has 0 unspecified atom stereocenters. The van der Waals surface area contributed by atoms with Crippen molar-refractivity contribution in [3.05, 3.63) is 45.0 Å². The Kier molecular flexibility index (Phi) is 10.9. The summed E-state index contributed by atoms with van der Waals surface area (Å²) in [6.45, 7) is 18.2. The Morgan fingerprint density at radius 3 is 2.04 bits per heavy atom. The molecule has 159 valence electrons. The van der Waals surface area contributed by atoms with Gasteiger partial charge in [-0.3, -0.25) is 0 Å². The molecule has 0 heterocycles.